The fraction of sp³-hybridized carbons (Fsp3) is 0.278. The molecule has 1 aliphatic heterocycles. The van der Waals surface area contributed by atoms with Crippen LogP contribution < -0.4 is 10.3 Å². The SMILES string of the molecule is O=[N+]([O-])c1ccc(N2CCOCC2)c(/C=N\NCc2c(Cl)cccc2Cl)c1. The first-order valence-corrected chi connectivity index (χ1v) is 9.12. The molecule has 3 rings (SSSR count). The molecule has 1 aliphatic rings. The van der Waals surface area contributed by atoms with Crippen LogP contribution in [0.25, 0.3) is 0 Å². The number of ether oxygens (including phenoxy) is 1. The molecule has 142 valence electrons. The van der Waals surface area contributed by atoms with Crippen molar-refractivity contribution in [1.82, 2.24) is 5.43 Å². The van der Waals surface area contributed by atoms with E-state index in [2.05, 4.69) is 15.4 Å². The topological polar surface area (TPSA) is 80.0 Å². The van der Waals surface area contributed by atoms with Crippen LogP contribution in [-0.4, -0.2) is 37.4 Å². The van der Waals surface area contributed by atoms with Gasteiger partial charge in [0.05, 0.1) is 30.9 Å². The van der Waals surface area contributed by atoms with E-state index in [9.17, 15) is 10.1 Å². The highest BCUT2D eigenvalue weighted by Crippen LogP contribution is 2.26. The monoisotopic (exact) mass is 408 g/mol. The second-order valence-corrected chi connectivity index (χ2v) is 6.71. The summed E-state index contributed by atoms with van der Waals surface area (Å²) in [6, 6.07) is 10.0. The molecule has 0 unspecified atom stereocenters. The molecular weight excluding hydrogens is 391 g/mol. The second kappa shape index (κ2) is 9.03. The van der Waals surface area contributed by atoms with Gasteiger partial charge in [0, 0.05) is 52.1 Å². The minimum atomic E-state index is -0.419. The molecule has 1 fully saturated rings. The van der Waals surface area contributed by atoms with Crippen molar-refractivity contribution < 1.29 is 9.66 Å². The van der Waals surface area contributed by atoms with Crippen LogP contribution in [0.3, 0.4) is 0 Å². The molecule has 9 heteroatoms. The number of non-ortho nitro benzene ring substituents is 1. The van der Waals surface area contributed by atoms with E-state index in [1.54, 1.807) is 30.5 Å². The Labute approximate surface area is 166 Å². The molecule has 7 nitrogen and oxygen atoms in total. The zero-order valence-corrected chi connectivity index (χ0v) is 15.9. The van der Waals surface area contributed by atoms with Gasteiger partial charge in [-0.05, 0) is 18.2 Å². The summed E-state index contributed by atoms with van der Waals surface area (Å²) in [5.74, 6) is 0. The molecule has 0 radical (unpaired) electrons. The predicted octanol–water partition coefficient (Wildman–Crippen LogP) is 3.86. The maximum absolute atomic E-state index is 11.1. The van der Waals surface area contributed by atoms with Crippen LogP contribution in [0.5, 0.6) is 0 Å². The number of hydrogen-bond acceptors (Lipinski definition) is 6. The number of nitrogens with one attached hydrogen (secondary N) is 1. The quantitative estimate of drug-likeness (QED) is 0.445. The molecule has 1 saturated heterocycles. The summed E-state index contributed by atoms with van der Waals surface area (Å²) in [5, 5.41) is 16.4. The van der Waals surface area contributed by atoms with Gasteiger partial charge in [0.2, 0.25) is 0 Å². The highest BCUT2D eigenvalue weighted by atomic mass is 35.5. The lowest BCUT2D eigenvalue weighted by molar-refractivity contribution is -0.384. The van der Waals surface area contributed by atoms with Crippen LogP contribution in [0.1, 0.15) is 11.1 Å². The van der Waals surface area contributed by atoms with Gasteiger partial charge in [0.15, 0.2) is 0 Å². The number of benzene rings is 2. The molecule has 0 bridgehead atoms. The molecule has 0 aromatic heterocycles. The number of hydrazone groups is 1. The molecule has 0 atom stereocenters. The van der Waals surface area contributed by atoms with E-state index in [4.69, 9.17) is 27.9 Å². The first-order valence-electron chi connectivity index (χ1n) is 8.36. The van der Waals surface area contributed by atoms with Gasteiger partial charge >= 0.3 is 0 Å². The van der Waals surface area contributed by atoms with Crippen molar-refractivity contribution in [3.63, 3.8) is 0 Å². The molecule has 2 aromatic carbocycles. The standard InChI is InChI=1S/C18H18Cl2N4O3/c19-16-2-1-3-17(20)15(16)12-22-21-11-13-10-14(24(25)26)4-5-18(13)23-6-8-27-9-7-23/h1-5,10-11,22H,6-9,12H2/b21-11-. The number of halogens is 2. The Hall–Kier alpha value is -2.35. The van der Waals surface area contributed by atoms with Crippen LogP contribution in [0.2, 0.25) is 10.0 Å². The van der Waals surface area contributed by atoms with E-state index >= 15 is 0 Å². The third kappa shape index (κ3) is 4.88. The molecule has 0 saturated carbocycles. The molecule has 1 heterocycles. The van der Waals surface area contributed by atoms with Crippen molar-refractivity contribution in [2.45, 2.75) is 6.54 Å². The summed E-state index contributed by atoms with van der Waals surface area (Å²) in [5.41, 5.74) is 5.19. The summed E-state index contributed by atoms with van der Waals surface area (Å²) in [4.78, 5) is 12.8. The summed E-state index contributed by atoms with van der Waals surface area (Å²) < 4.78 is 5.37. The second-order valence-electron chi connectivity index (χ2n) is 5.89. The molecule has 27 heavy (non-hydrogen) atoms. The Balaban J connectivity index is 1.78. The number of nitrogens with zero attached hydrogens (tertiary/aromatic N) is 3. The zero-order chi connectivity index (χ0) is 19.2. The van der Waals surface area contributed by atoms with Crippen molar-refractivity contribution in [2.75, 3.05) is 31.2 Å². The number of nitro benzene ring substituents is 1. The molecule has 0 aliphatic carbocycles. The average molecular weight is 409 g/mol. The summed E-state index contributed by atoms with van der Waals surface area (Å²) >= 11 is 12.3. The van der Waals surface area contributed by atoms with Gasteiger partial charge in [-0.2, -0.15) is 5.10 Å². The predicted molar refractivity (Wildman–Crippen MR) is 107 cm³/mol. The van der Waals surface area contributed by atoms with E-state index < -0.39 is 4.92 Å². The van der Waals surface area contributed by atoms with Crippen molar-refractivity contribution >= 4 is 40.8 Å². The number of morpholine rings is 1. The van der Waals surface area contributed by atoms with Crippen LogP contribution in [0.15, 0.2) is 41.5 Å². The smallest absolute Gasteiger partial charge is 0.270 e. The molecule has 0 amide bonds. The summed E-state index contributed by atoms with van der Waals surface area (Å²) in [6.07, 6.45) is 1.57. The lowest BCUT2D eigenvalue weighted by Crippen LogP contribution is -2.36. The van der Waals surface area contributed by atoms with Crippen LogP contribution in [0.4, 0.5) is 11.4 Å². The van der Waals surface area contributed by atoms with E-state index in [1.807, 2.05) is 0 Å². The number of anilines is 1. The van der Waals surface area contributed by atoms with E-state index in [0.717, 1.165) is 24.3 Å². The Morgan fingerprint density at radius 1 is 1.22 bits per heavy atom. The zero-order valence-electron chi connectivity index (χ0n) is 14.4. The Bertz CT molecular complexity index is 834. The number of hydrogen-bond donors (Lipinski definition) is 1. The van der Waals surface area contributed by atoms with E-state index in [1.165, 1.54) is 12.1 Å². The fourth-order valence-electron chi connectivity index (χ4n) is 2.79. The van der Waals surface area contributed by atoms with Gasteiger partial charge in [-0.1, -0.05) is 29.3 Å². The van der Waals surface area contributed by atoms with Gasteiger partial charge in [0.1, 0.15) is 0 Å². The normalized spacial score (nSPS) is 14.5. The van der Waals surface area contributed by atoms with E-state index in [-0.39, 0.29) is 5.69 Å². The molecule has 1 N–H and O–H groups in total. The van der Waals surface area contributed by atoms with Crippen LogP contribution in [-0.2, 0) is 11.3 Å². The highest BCUT2D eigenvalue weighted by Gasteiger charge is 2.17. The van der Waals surface area contributed by atoms with Crippen molar-refractivity contribution in [2.24, 2.45) is 5.10 Å². The largest absolute Gasteiger partial charge is 0.378 e. The third-order valence-corrected chi connectivity index (χ3v) is 4.89. The molecule has 0 spiro atoms. The van der Waals surface area contributed by atoms with Gasteiger partial charge in [0.25, 0.3) is 5.69 Å². The van der Waals surface area contributed by atoms with Gasteiger partial charge in [-0.3, -0.25) is 10.1 Å². The Morgan fingerprint density at radius 3 is 2.59 bits per heavy atom. The lowest BCUT2D eigenvalue weighted by atomic mass is 10.1. The van der Waals surface area contributed by atoms with Crippen LogP contribution >= 0.6 is 23.2 Å². The number of nitro groups is 1. The first-order chi connectivity index (χ1) is 13.1. The first kappa shape index (κ1) is 19.4. The van der Waals surface area contributed by atoms with Crippen LogP contribution in [0, 0.1) is 10.1 Å². The van der Waals surface area contributed by atoms with Crippen molar-refractivity contribution in [3.8, 4) is 0 Å². The third-order valence-electron chi connectivity index (χ3n) is 4.19. The van der Waals surface area contributed by atoms with Gasteiger partial charge < -0.3 is 15.1 Å². The van der Waals surface area contributed by atoms with Gasteiger partial charge in [-0.25, -0.2) is 0 Å². The maximum atomic E-state index is 11.1. The van der Waals surface area contributed by atoms with E-state index in [0.29, 0.717) is 35.4 Å². The highest BCUT2D eigenvalue weighted by molar-refractivity contribution is 6.35. The van der Waals surface area contributed by atoms with Crippen molar-refractivity contribution in [3.05, 3.63) is 67.7 Å². The average Bonchev–Trinajstić information content (AvgIpc) is 2.67. The fourth-order valence-corrected chi connectivity index (χ4v) is 3.32. The summed E-state index contributed by atoms with van der Waals surface area (Å²) in [6.45, 7) is 3.03. The number of rotatable bonds is 6. The molecule has 2 aromatic rings. The van der Waals surface area contributed by atoms with Gasteiger partial charge in [-0.15, -0.1) is 0 Å². The minimum Gasteiger partial charge on any atom is -0.378 e. The Morgan fingerprint density at radius 2 is 1.93 bits per heavy atom. The molecular formula is C18H18Cl2N4O3. The Kier molecular flexibility index (Phi) is 6.49. The lowest BCUT2D eigenvalue weighted by Gasteiger charge is -2.29. The minimum absolute atomic E-state index is 0.0163. The maximum Gasteiger partial charge on any atom is 0.270 e. The summed E-state index contributed by atoms with van der Waals surface area (Å²) in [7, 11) is 0. The van der Waals surface area contributed by atoms with Crippen molar-refractivity contribution in [1.29, 1.82) is 0 Å².